The summed E-state index contributed by atoms with van der Waals surface area (Å²) < 4.78 is 4.81. The number of aromatic nitrogens is 1. The van der Waals surface area contributed by atoms with Crippen molar-refractivity contribution in [2.75, 3.05) is 17.7 Å². The summed E-state index contributed by atoms with van der Waals surface area (Å²) >= 11 is 0. The SMILES string of the molecule is COC(=O)c1ccccc1Nc1ccnc(C(=O)Nc2ccc(C)c(C)c2)c1. The lowest BCUT2D eigenvalue weighted by Crippen LogP contribution is -2.14. The lowest BCUT2D eigenvalue weighted by molar-refractivity contribution is 0.0601. The molecule has 0 spiro atoms. The van der Waals surface area contributed by atoms with Gasteiger partial charge in [-0.15, -0.1) is 0 Å². The minimum atomic E-state index is -0.440. The van der Waals surface area contributed by atoms with Crippen LogP contribution in [0.5, 0.6) is 0 Å². The first kappa shape index (κ1) is 19.1. The number of nitrogens with zero attached hydrogens (tertiary/aromatic N) is 1. The molecule has 6 heteroatoms. The highest BCUT2D eigenvalue weighted by molar-refractivity contribution is 6.03. The minimum absolute atomic E-state index is 0.263. The molecular formula is C22H21N3O3. The van der Waals surface area contributed by atoms with Gasteiger partial charge in [-0.05, 0) is 61.4 Å². The Morgan fingerprint density at radius 2 is 1.71 bits per heavy atom. The second-order valence-electron chi connectivity index (χ2n) is 6.35. The third kappa shape index (κ3) is 4.35. The van der Waals surface area contributed by atoms with Gasteiger partial charge in [-0.25, -0.2) is 4.79 Å². The molecule has 0 unspecified atom stereocenters. The van der Waals surface area contributed by atoms with E-state index in [4.69, 9.17) is 4.74 Å². The zero-order valence-electron chi connectivity index (χ0n) is 15.9. The summed E-state index contributed by atoms with van der Waals surface area (Å²) in [5.74, 6) is -0.752. The number of esters is 1. The fourth-order valence-electron chi connectivity index (χ4n) is 2.68. The maximum Gasteiger partial charge on any atom is 0.339 e. The van der Waals surface area contributed by atoms with Gasteiger partial charge < -0.3 is 15.4 Å². The molecule has 28 heavy (non-hydrogen) atoms. The molecule has 0 bridgehead atoms. The summed E-state index contributed by atoms with van der Waals surface area (Å²) in [4.78, 5) is 28.6. The van der Waals surface area contributed by atoms with Gasteiger partial charge in [-0.2, -0.15) is 0 Å². The molecule has 0 radical (unpaired) electrons. The van der Waals surface area contributed by atoms with Crippen molar-refractivity contribution in [2.45, 2.75) is 13.8 Å². The number of methoxy groups -OCH3 is 1. The molecule has 0 saturated carbocycles. The Hall–Kier alpha value is -3.67. The maximum atomic E-state index is 12.6. The molecule has 1 aromatic heterocycles. The predicted molar refractivity (Wildman–Crippen MR) is 109 cm³/mol. The zero-order chi connectivity index (χ0) is 20.1. The number of hydrogen-bond donors (Lipinski definition) is 2. The molecular weight excluding hydrogens is 354 g/mol. The molecule has 3 aromatic rings. The van der Waals surface area contributed by atoms with Crippen LogP contribution in [0.4, 0.5) is 17.1 Å². The zero-order valence-corrected chi connectivity index (χ0v) is 15.9. The molecule has 0 atom stereocenters. The number of aryl methyl sites for hydroxylation is 2. The smallest absolute Gasteiger partial charge is 0.339 e. The number of nitrogens with one attached hydrogen (secondary N) is 2. The summed E-state index contributed by atoms with van der Waals surface area (Å²) in [5.41, 5.74) is 4.86. The van der Waals surface area contributed by atoms with Crippen LogP contribution in [0.1, 0.15) is 32.0 Å². The van der Waals surface area contributed by atoms with E-state index < -0.39 is 5.97 Å². The number of amides is 1. The number of para-hydroxylation sites is 1. The van der Waals surface area contributed by atoms with E-state index in [-0.39, 0.29) is 11.6 Å². The average Bonchev–Trinajstić information content (AvgIpc) is 2.71. The molecule has 0 aliphatic carbocycles. The van der Waals surface area contributed by atoms with Crippen molar-refractivity contribution in [1.82, 2.24) is 4.98 Å². The van der Waals surface area contributed by atoms with Crippen LogP contribution < -0.4 is 10.6 Å². The number of ether oxygens (including phenoxy) is 1. The molecule has 6 nitrogen and oxygen atoms in total. The first-order chi connectivity index (χ1) is 13.5. The third-order valence-corrected chi connectivity index (χ3v) is 4.37. The van der Waals surface area contributed by atoms with Crippen LogP contribution in [-0.2, 0) is 4.74 Å². The van der Waals surface area contributed by atoms with Crippen molar-refractivity contribution in [2.24, 2.45) is 0 Å². The molecule has 1 amide bonds. The molecule has 3 rings (SSSR count). The van der Waals surface area contributed by atoms with Crippen molar-refractivity contribution in [1.29, 1.82) is 0 Å². The van der Waals surface area contributed by atoms with Crippen molar-refractivity contribution in [3.63, 3.8) is 0 Å². The highest BCUT2D eigenvalue weighted by Crippen LogP contribution is 2.22. The van der Waals surface area contributed by atoms with Crippen LogP contribution in [0.3, 0.4) is 0 Å². The number of hydrogen-bond acceptors (Lipinski definition) is 5. The van der Waals surface area contributed by atoms with E-state index in [1.165, 1.54) is 7.11 Å². The number of carbonyl (C=O) groups is 2. The van der Waals surface area contributed by atoms with Crippen LogP contribution in [0.25, 0.3) is 0 Å². The summed E-state index contributed by atoms with van der Waals surface area (Å²) in [6.45, 7) is 4.01. The van der Waals surface area contributed by atoms with E-state index in [1.54, 1.807) is 36.5 Å². The fourth-order valence-corrected chi connectivity index (χ4v) is 2.68. The van der Waals surface area contributed by atoms with Crippen molar-refractivity contribution < 1.29 is 14.3 Å². The normalized spacial score (nSPS) is 10.2. The first-order valence-corrected chi connectivity index (χ1v) is 8.77. The Kier molecular flexibility index (Phi) is 5.69. The predicted octanol–water partition coefficient (Wildman–Crippen LogP) is 4.48. The Morgan fingerprint density at radius 3 is 2.46 bits per heavy atom. The second-order valence-corrected chi connectivity index (χ2v) is 6.35. The number of benzene rings is 2. The van der Waals surface area contributed by atoms with Gasteiger partial charge in [0, 0.05) is 17.6 Å². The number of anilines is 3. The Morgan fingerprint density at radius 1 is 0.929 bits per heavy atom. The Labute approximate surface area is 163 Å². The van der Waals surface area contributed by atoms with Gasteiger partial charge in [0.05, 0.1) is 18.4 Å². The van der Waals surface area contributed by atoms with Crippen LogP contribution >= 0.6 is 0 Å². The molecule has 1 heterocycles. The van der Waals surface area contributed by atoms with E-state index in [1.807, 2.05) is 38.1 Å². The summed E-state index contributed by atoms with van der Waals surface area (Å²) in [6.07, 6.45) is 1.54. The summed E-state index contributed by atoms with van der Waals surface area (Å²) in [5, 5.41) is 6.00. The number of pyridine rings is 1. The Balaban J connectivity index is 1.80. The van der Waals surface area contributed by atoms with Crippen LogP contribution in [-0.4, -0.2) is 24.0 Å². The van der Waals surface area contributed by atoms with Gasteiger partial charge >= 0.3 is 5.97 Å². The van der Waals surface area contributed by atoms with Gasteiger partial charge in [0.2, 0.25) is 0 Å². The minimum Gasteiger partial charge on any atom is -0.465 e. The summed E-state index contributed by atoms with van der Waals surface area (Å²) in [6, 6.07) is 16.1. The third-order valence-electron chi connectivity index (χ3n) is 4.37. The highest BCUT2D eigenvalue weighted by atomic mass is 16.5. The quantitative estimate of drug-likeness (QED) is 0.643. The van der Waals surface area contributed by atoms with Crippen molar-refractivity contribution >= 4 is 28.9 Å². The highest BCUT2D eigenvalue weighted by Gasteiger charge is 2.13. The van der Waals surface area contributed by atoms with Crippen molar-refractivity contribution in [3.05, 3.63) is 83.2 Å². The fraction of sp³-hybridized carbons (Fsp3) is 0.136. The van der Waals surface area contributed by atoms with Crippen LogP contribution in [0.2, 0.25) is 0 Å². The molecule has 0 aliphatic rings. The average molecular weight is 375 g/mol. The molecule has 0 saturated heterocycles. The van der Waals surface area contributed by atoms with Gasteiger partial charge in [0.25, 0.3) is 5.91 Å². The van der Waals surface area contributed by atoms with E-state index in [0.29, 0.717) is 22.6 Å². The van der Waals surface area contributed by atoms with E-state index in [0.717, 1.165) is 11.1 Å². The summed E-state index contributed by atoms with van der Waals surface area (Å²) in [7, 11) is 1.33. The molecule has 0 aliphatic heterocycles. The number of rotatable bonds is 5. The standard InChI is InChI=1S/C22H21N3O3/c1-14-8-9-16(12-15(14)2)25-21(26)20-13-17(10-11-23-20)24-19-7-5-4-6-18(19)22(27)28-3/h4-13H,1-3H3,(H,23,24)(H,25,26). The van der Waals surface area contributed by atoms with Gasteiger partial charge in [0.15, 0.2) is 0 Å². The molecule has 2 aromatic carbocycles. The van der Waals surface area contributed by atoms with Gasteiger partial charge in [-0.3, -0.25) is 9.78 Å². The van der Waals surface area contributed by atoms with E-state index in [9.17, 15) is 9.59 Å². The largest absolute Gasteiger partial charge is 0.465 e. The van der Waals surface area contributed by atoms with Crippen molar-refractivity contribution in [3.8, 4) is 0 Å². The van der Waals surface area contributed by atoms with Crippen LogP contribution in [0.15, 0.2) is 60.8 Å². The lowest BCUT2D eigenvalue weighted by atomic mass is 10.1. The van der Waals surface area contributed by atoms with Gasteiger partial charge in [-0.1, -0.05) is 18.2 Å². The first-order valence-electron chi connectivity index (χ1n) is 8.77. The molecule has 142 valence electrons. The molecule has 0 fully saturated rings. The maximum absolute atomic E-state index is 12.6. The van der Waals surface area contributed by atoms with Crippen LogP contribution in [0, 0.1) is 13.8 Å². The second kappa shape index (κ2) is 8.35. The Bertz CT molecular complexity index is 1030. The monoisotopic (exact) mass is 375 g/mol. The number of carbonyl (C=O) groups excluding carboxylic acids is 2. The molecule has 2 N–H and O–H groups in total. The lowest BCUT2D eigenvalue weighted by Gasteiger charge is -2.12. The van der Waals surface area contributed by atoms with E-state index in [2.05, 4.69) is 15.6 Å². The van der Waals surface area contributed by atoms with E-state index >= 15 is 0 Å². The van der Waals surface area contributed by atoms with Gasteiger partial charge in [0.1, 0.15) is 5.69 Å². The topological polar surface area (TPSA) is 80.3 Å².